The highest BCUT2D eigenvalue weighted by molar-refractivity contribution is 8.00. The molecule has 2 heterocycles. The largest absolute Gasteiger partial charge is 0.497 e. The molecule has 0 unspecified atom stereocenters. The summed E-state index contributed by atoms with van der Waals surface area (Å²) in [6.45, 7) is 0.775. The second kappa shape index (κ2) is 7.44. The number of carbonyl (C=O) groups excluding carboxylic acids is 1. The normalized spacial score (nSPS) is 16.5. The van der Waals surface area contributed by atoms with Gasteiger partial charge in [0.1, 0.15) is 11.0 Å². The number of fused-ring (bicyclic) bond motifs is 1. The Labute approximate surface area is 160 Å². The van der Waals surface area contributed by atoms with Crippen LogP contribution in [-0.4, -0.2) is 34.5 Å². The summed E-state index contributed by atoms with van der Waals surface area (Å²) >= 11 is 1.29. The van der Waals surface area contributed by atoms with E-state index in [1.165, 1.54) is 11.8 Å². The van der Waals surface area contributed by atoms with Crippen molar-refractivity contribution in [1.82, 2.24) is 9.55 Å². The lowest BCUT2D eigenvalue weighted by molar-refractivity contribution is -0.137. The van der Waals surface area contributed by atoms with E-state index in [1.54, 1.807) is 17.7 Å². The minimum absolute atomic E-state index is 0.120. The first-order valence-electron chi connectivity index (χ1n) is 8.61. The maximum absolute atomic E-state index is 13.1. The van der Waals surface area contributed by atoms with Gasteiger partial charge in [-0.25, -0.2) is 4.98 Å². The van der Waals surface area contributed by atoms with E-state index in [9.17, 15) is 9.59 Å². The standard InChI is InChI=1S/C20H18N2O4S/c1-25-14-8-6-13(7-9-14)12-22-18(23)15-4-2-3-5-16(15)21-20(22)27-17-10-11-26-19(17)24/h2-9,17H,10-12H2,1H3/t17-/m0/s1. The van der Waals surface area contributed by atoms with Crippen molar-refractivity contribution in [1.29, 1.82) is 0 Å². The molecule has 0 spiro atoms. The van der Waals surface area contributed by atoms with E-state index in [1.807, 2.05) is 42.5 Å². The predicted molar refractivity (Wildman–Crippen MR) is 103 cm³/mol. The van der Waals surface area contributed by atoms with Gasteiger partial charge in [-0.3, -0.25) is 14.2 Å². The fourth-order valence-electron chi connectivity index (χ4n) is 3.00. The molecule has 0 amide bonds. The van der Waals surface area contributed by atoms with Crippen molar-refractivity contribution in [2.24, 2.45) is 0 Å². The van der Waals surface area contributed by atoms with Gasteiger partial charge in [0.15, 0.2) is 5.16 Å². The fraction of sp³-hybridized carbons (Fsp3) is 0.250. The van der Waals surface area contributed by atoms with Crippen LogP contribution in [0, 0.1) is 0 Å². The van der Waals surface area contributed by atoms with E-state index >= 15 is 0 Å². The number of nitrogens with zero attached hydrogens (tertiary/aromatic N) is 2. The van der Waals surface area contributed by atoms with E-state index in [-0.39, 0.29) is 16.8 Å². The van der Waals surface area contributed by atoms with E-state index < -0.39 is 0 Å². The van der Waals surface area contributed by atoms with Crippen LogP contribution < -0.4 is 10.3 Å². The number of methoxy groups -OCH3 is 1. The van der Waals surface area contributed by atoms with Gasteiger partial charge in [0.2, 0.25) is 0 Å². The van der Waals surface area contributed by atoms with Crippen molar-refractivity contribution >= 4 is 28.6 Å². The van der Waals surface area contributed by atoms with Crippen molar-refractivity contribution in [2.45, 2.75) is 23.4 Å². The number of benzene rings is 2. The zero-order valence-corrected chi connectivity index (χ0v) is 15.6. The van der Waals surface area contributed by atoms with Gasteiger partial charge in [-0.15, -0.1) is 0 Å². The number of para-hydroxylation sites is 1. The van der Waals surface area contributed by atoms with Crippen LogP contribution in [0.25, 0.3) is 10.9 Å². The van der Waals surface area contributed by atoms with E-state index in [0.717, 1.165) is 11.3 Å². The molecule has 1 atom stereocenters. The molecule has 2 aromatic carbocycles. The fourth-order valence-corrected chi connectivity index (χ4v) is 4.06. The molecule has 0 aliphatic carbocycles. The van der Waals surface area contributed by atoms with Crippen LogP contribution in [-0.2, 0) is 16.1 Å². The zero-order valence-electron chi connectivity index (χ0n) is 14.8. The first-order valence-corrected chi connectivity index (χ1v) is 9.49. The van der Waals surface area contributed by atoms with Crippen LogP contribution in [0.5, 0.6) is 5.75 Å². The molecule has 138 valence electrons. The monoisotopic (exact) mass is 382 g/mol. The second-order valence-corrected chi connectivity index (χ2v) is 7.38. The molecular formula is C20H18N2O4S. The Morgan fingerprint density at radius 1 is 1.19 bits per heavy atom. The van der Waals surface area contributed by atoms with Gasteiger partial charge in [-0.1, -0.05) is 36.0 Å². The maximum Gasteiger partial charge on any atom is 0.319 e. The lowest BCUT2D eigenvalue weighted by Gasteiger charge is -2.15. The highest BCUT2D eigenvalue weighted by atomic mass is 32.2. The third-order valence-corrected chi connectivity index (χ3v) is 5.70. The van der Waals surface area contributed by atoms with Gasteiger partial charge in [-0.05, 0) is 29.8 Å². The minimum atomic E-state index is -0.333. The van der Waals surface area contributed by atoms with Crippen LogP contribution in [0.1, 0.15) is 12.0 Å². The Hall–Kier alpha value is -2.80. The molecule has 0 N–H and O–H groups in total. The molecule has 0 saturated carbocycles. The van der Waals surface area contributed by atoms with E-state index in [0.29, 0.717) is 35.6 Å². The Bertz CT molecular complexity index is 1050. The Morgan fingerprint density at radius 2 is 1.96 bits per heavy atom. The summed E-state index contributed by atoms with van der Waals surface area (Å²) < 4.78 is 11.9. The van der Waals surface area contributed by atoms with Crippen molar-refractivity contribution in [3.63, 3.8) is 0 Å². The number of aromatic nitrogens is 2. The summed E-state index contributed by atoms with van der Waals surface area (Å²) in [5.74, 6) is 0.504. The van der Waals surface area contributed by atoms with Crippen molar-refractivity contribution in [3.8, 4) is 5.75 Å². The third kappa shape index (κ3) is 3.55. The maximum atomic E-state index is 13.1. The molecule has 4 rings (SSSR count). The van der Waals surface area contributed by atoms with Crippen LogP contribution >= 0.6 is 11.8 Å². The minimum Gasteiger partial charge on any atom is -0.497 e. The van der Waals surface area contributed by atoms with Gasteiger partial charge in [-0.2, -0.15) is 0 Å². The number of thioether (sulfide) groups is 1. The predicted octanol–water partition coefficient (Wildman–Crippen LogP) is 2.86. The van der Waals surface area contributed by atoms with Gasteiger partial charge >= 0.3 is 5.97 Å². The summed E-state index contributed by atoms with van der Waals surface area (Å²) in [5, 5.41) is 0.753. The molecule has 7 heteroatoms. The second-order valence-electron chi connectivity index (χ2n) is 6.21. The molecule has 1 aliphatic heterocycles. The first-order chi connectivity index (χ1) is 13.2. The Balaban J connectivity index is 1.77. The molecule has 1 aliphatic rings. The van der Waals surface area contributed by atoms with Crippen molar-refractivity contribution in [3.05, 3.63) is 64.4 Å². The number of carbonyl (C=O) groups is 1. The lowest BCUT2D eigenvalue weighted by Crippen LogP contribution is -2.25. The number of cyclic esters (lactones) is 1. The highest BCUT2D eigenvalue weighted by Gasteiger charge is 2.29. The van der Waals surface area contributed by atoms with Crippen molar-refractivity contribution in [2.75, 3.05) is 13.7 Å². The smallest absolute Gasteiger partial charge is 0.319 e. The number of esters is 1. The van der Waals surface area contributed by atoms with Gasteiger partial charge in [0, 0.05) is 6.42 Å². The van der Waals surface area contributed by atoms with Crippen LogP contribution in [0.3, 0.4) is 0 Å². The quantitative estimate of drug-likeness (QED) is 0.499. The molecule has 27 heavy (non-hydrogen) atoms. The molecule has 3 aromatic rings. The highest BCUT2D eigenvalue weighted by Crippen LogP contribution is 2.29. The van der Waals surface area contributed by atoms with Gasteiger partial charge in [0.25, 0.3) is 5.56 Å². The van der Waals surface area contributed by atoms with Crippen molar-refractivity contribution < 1.29 is 14.3 Å². The van der Waals surface area contributed by atoms with Gasteiger partial charge < -0.3 is 9.47 Å². The SMILES string of the molecule is COc1ccc(Cn2c(S[C@H]3CCOC3=O)nc3ccccc3c2=O)cc1. The van der Waals surface area contributed by atoms with Crippen LogP contribution in [0.4, 0.5) is 0 Å². The molecule has 0 bridgehead atoms. The number of rotatable bonds is 5. The molecule has 0 radical (unpaired) electrons. The summed E-state index contributed by atoms with van der Waals surface area (Å²) in [4.78, 5) is 29.7. The number of hydrogen-bond acceptors (Lipinski definition) is 6. The first kappa shape index (κ1) is 17.6. The van der Waals surface area contributed by atoms with Crippen LogP contribution in [0.2, 0.25) is 0 Å². The summed E-state index contributed by atoms with van der Waals surface area (Å²) in [7, 11) is 1.61. The Morgan fingerprint density at radius 3 is 2.67 bits per heavy atom. The zero-order chi connectivity index (χ0) is 18.8. The topological polar surface area (TPSA) is 70.4 Å². The van der Waals surface area contributed by atoms with Crippen LogP contribution in [0.15, 0.2) is 58.5 Å². The summed E-state index contributed by atoms with van der Waals surface area (Å²) in [5.41, 5.74) is 1.46. The molecule has 1 aromatic heterocycles. The molecule has 1 saturated heterocycles. The van der Waals surface area contributed by atoms with E-state index in [2.05, 4.69) is 4.98 Å². The average Bonchev–Trinajstić information content (AvgIpc) is 3.10. The van der Waals surface area contributed by atoms with Gasteiger partial charge in [0.05, 0.1) is 31.2 Å². The average molecular weight is 382 g/mol. The Kier molecular flexibility index (Phi) is 4.85. The van der Waals surface area contributed by atoms with E-state index in [4.69, 9.17) is 9.47 Å². The third-order valence-electron chi connectivity index (χ3n) is 4.46. The molecule has 6 nitrogen and oxygen atoms in total. The summed E-state index contributed by atoms with van der Waals surface area (Å²) in [6, 6.07) is 14.8. The molecule has 1 fully saturated rings. The number of ether oxygens (including phenoxy) is 2. The summed E-state index contributed by atoms with van der Waals surface area (Å²) in [6.07, 6.45) is 0.620. The lowest BCUT2D eigenvalue weighted by atomic mass is 10.2. The number of hydrogen-bond donors (Lipinski definition) is 0. The molecular weight excluding hydrogens is 364 g/mol.